The monoisotopic (exact) mass is 724 g/mol. The fourth-order valence-corrected chi connectivity index (χ4v) is 10.6. The fourth-order valence-electron chi connectivity index (χ4n) is 8.02. The molecule has 2 aliphatic carbocycles. The molecule has 6 atom stereocenters. The minimum absolute atomic E-state index is 0.0397. The van der Waals surface area contributed by atoms with Gasteiger partial charge in [0, 0.05) is 35.0 Å². The second-order valence-electron chi connectivity index (χ2n) is 14.7. The lowest BCUT2D eigenvalue weighted by Gasteiger charge is -2.51. The van der Waals surface area contributed by atoms with Crippen LogP contribution in [0.25, 0.3) is 0 Å². The number of ether oxygens (including phenoxy) is 1. The number of hydrogen-bond donors (Lipinski definition) is 2. The number of hydrogen-bond acceptors (Lipinski definition) is 7. The Hall–Kier alpha value is -2.46. The number of alkyl halides is 2. The summed E-state index contributed by atoms with van der Waals surface area (Å²) in [6.45, 7) is 6.09. The van der Waals surface area contributed by atoms with Crippen LogP contribution < -0.4 is 14.4 Å². The highest BCUT2D eigenvalue weighted by atomic mass is 35.5. The molecular formula is C35H44ClF2N2O6PS. The van der Waals surface area contributed by atoms with Crippen molar-refractivity contribution in [1.82, 2.24) is 4.72 Å². The Morgan fingerprint density at radius 2 is 1.90 bits per heavy atom. The van der Waals surface area contributed by atoms with Gasteiger partial charge in [-0.05, 0) is 112 Å². The van der Waals surface area contributed by atoms with E-state index in [1.54, 1.807) is 19.1 Å². The Morgan fingerprint density at radius 3 is 2.58 bits per heavy atom. The predicted molar refractivity (Wildman–Crippen MR) is 185 cm³/mol. The number of anilines is 1. The highest BCUT2D eigenvalue weighted by Gasteiger charge is 2.65. The Morgan fingerprint density at radius 1 is 1.15 bits per heavy atom. The zero-order chi connectivity index (χ0) is 34.9. The first kappa shape index (κ1) is 35.4. The average molecular weight is 725 g/mol. The number of fused-ring (bicyclic) bond motifs is 4. The molecule has 2 N–H and O–H groups in total. The molecule has 8 nitrogen and oxygen atoms in total. The van der Waals surface area contributed by atoms with Crippen LogP contribution in [0, 0.1) is 17.8 Å². The SMILES string of the molecule is C[C@@H]1[C@@H](C)C/C=C/[C@@](O)(C(F)(F)P(C)(C)=O)[C@@H]2CC[C@H]2CN2C[C@@]3(CCCc4cc(Cl)ccc43)COc3ccc(cc32)C(=O)NS1(=O)=O. The summed E-state index contributed by atoms with van der Waals surface area (Å²) in [5.41, 5.74) is -4.27. The molecule has 48 heavy (non-hydrogen) atoms. The van der Waals surface area contributed by atoms with E-state index in [1.165, 1.54) is 19.1 Å². The summed E-state index contributed by atoms with van der Waals surface area (Å²) >= 11 is 6.38. The molecule has 1 fully saturated rings. The zero-order valence-electron chi connectivity index (χ0n) is 27.7. The van der Waals surface area contributed by atoms with Crippen molar-refractivity contribution in [2.24, 2.45) is 17.8 Å². The lowest BCUT2D eigenvalue weighted by molar-refractivity contribution is -0.161. The van der Waals surface area contributed by atoms with Crippen molar-refractivity contribution >= 4 is 40.4 Å². The van der Waals surface area contributed by atoms with Crippen LogP contribution in [-0.2, 0) is 26.4 Å². The summed E-state index contributed by atoms with van der Waals surface area (Å²) in [6, 6.07) is 10.6. The maximum Gasteiger partial charge on any atom is 0.329 e. The molecule has 1 saturated carbocycles. The summed E-state index contributed by atoms with van der Waals surface area (Å²) < 4.78 is 80.9. The number of carbonyl (C=O) groups is 1. The number of aliphatic hydroxyl groups is 1. The van der Waals surface area contributed by atoms with Crippen molar-refractivity contribution < 1.29 is 36.4 Å². The van der Waals surface area contributed by atoms with Crippen LogP contribution in [0.1, 0.15) is 67.4 Å². The van der Waals surface area contributed by atoms with Crippen molar-refractivity contribution in [1.29, 1.82) is 0 Å². The highest BCUT2D eigenvalue weighted by molar-refractivity contribution is 7.90. The van der Waals surface area contributed by atoms with Crippen LogP contribution in [0.2, 0.25) is 5.02 Å². The van der Waals surface area contributed by atoms with E-state index < -0.39 is 62.8 Å². The first-order valence-corrected chi connectivity index (χ1v) is 21.1. The van der Waals surface area contributed by atoms with E-state index in [4.69, 9.17) is 16.3 Å². The second kappa shape index (κ2) is 12.4. The molecule has 2 aromatic carbocycles. The summed E-state index contributed by atoms with van der Waals surface area (Å²) in [6.07, 6.45) is 5.87. The third-order valence-electron chi connectivity index (χ3n) is 11.3. The van der Waals surface area contributed by atoms with Crippen LogP contribution in [0.4, 0.5) is 14.5 Å². The van der Waals surface area contributed by atoms with Crippen LogP contribution in [0.15, 0.2) is 48.6 Å². The number of nitrogens with one attached hydrogen (secondary N) is 1. The molecular weight excluding hydrogens is 681 g/mol. The minimum Gasteiger partial charge on any atom is -0.490 e. The number of rotatable bonds is 2. The van der Waals surface area contributed by atoms with E-state index in [1.807, 2.05) is 23.1 Å². The summed E-state index contributed by atoms with van der Waals surface area (Å²) in [5, 5.41) is 11.6. The van der Waals surface area contributed by atoms with Gasteiger partial charge in [-0.15, -0.1) is 0 Å². The Balaban J connectivity index is 1.49. The molecule has 0 saturated heterocycles. The smallest absolute Gasteiger partial charge is 0.329 e. The maximum absolute atomic E-state index is 16.2. The number of halogens is 3. The number of amides is 1. The Bertz CT molecular complexity index is 1800. The van der Waals surface area contributed by atoms with Gasteiger partial charge in [0.05, 0.1) is 17.5 Å². The third-order valence-corrected chi connectivity index (χ3v) is 15.2. The standard InChI is InChI=1S/C35H44ClF2N2O6PS/c1-22-7-5-16-34(42,35(37,38)47(3,4)43)29-12-9-26(29)19-40-20-33(15-6-8-24-17-27(36)11-13-28(24)33)21-46-31-14-10-25(18-30(31)40)32(41)39-48(44,45)23(22)2/h5,10-11,13-14,16-18,22-23,26,29,42H,6-9,12,15,19-21H2,1-4H3,(H,39,41)/b16-5+/t22-,23+,26-,29+,33-,34-/m0/s1. The topological polar surface area (TPSA) is 113 Å². The zero-order valence-corrected chi connectivity index (χ0v) is 30.2. The summed E-state index contributed by atoms with van der Waals surface area (Å²) in [5.74, 6) is -2.21. The molecule has 0 radical (unpaired) electrons. The van der Waals surface area contributed by atoms with Gasteiger partial charge in [0.15, 0.2) is 12.7 Å². The molecule has 1 amide bonds. The molecule has 0 unspecified atom stereocenters. The number of aryl methyl sites for hydroxylation is 1. The quantitative estimate of drug-likeness (QED) is 0.258. The molecule has 13 heteroatoms. The van der Waals surface area contributed by atoms with Gasteiger partial charge in [-0.1, -0.05) is 36.7 Å². The fraction of sp³-hybridized carbons (Fsp3) is 0.571. The lowest BCUT2D eigenvalue weighted by atomic mass is 9.64. The molecule has 1 spiro atoms. The van der Waals surface area contributed by atoms with Gasteiger partial charge in [0.2, 0.25) is 10.0 Å². The molecule has 2 aromatic rings. The maximum atomic E-state index is 16.2. The van der Waals surface area contributed by atoms with Crippen molar-refractivity contribution in [3.05, 3.63) is 70.3 Å². The van der Waals surface area contributed by atoms with E-state index in [0.29, 0.717) is 42.5 Å². The summed E-state index contributed by atoms with van der Waals surface area (Å²) in [7, 11) is -8.33. The first-order valence-electron chi connectivity index (χ1n) is 16.6. The van der Waals surface area contributed by atoms with Crippen LogP contribution >= 0.6 is 18.7 Å². The van der Waals surface area contributed by atoms with Crippen molar-refractivity contribution in [3.8, 4) is 5.75 Å². The third kappa shape index (κ3) is 6.01. The van der Waals surface area contributed by atoms with E-state index in [0.717, 1.165) is 49.8 Å². The summed E-state index contributed by atoms with van der Waals surface area (Å²) in [4.78, 5) is 15.5. The number of allylic oxidation sites excluding steroid dienone is 1. The molecule has 0 aromatic heterocycles. The van der Waals surface area contributed by atoms with Crippen molar-refractivity contribution in [2.75, 3.05) is 37.9 Å². The van der Waals surface area contributed by atoms with E-state index >= 15 is 8.78 Å². The van der Waals surface area contributed by atoms with Gasteiger partial charge in [-0.25, -0.2) is 13.1 Å². The molecule has 6 rings (SSSR count). The molecule has 2 heterocycles. The normalized spacial score (nSPS) is 32.9. The van der Waals surface area contributed by atoms with Crippen LogP contribution in [0.3, 0.4) is 0 Å². The molecule has 4 aliphatic rings. The molecule has 2 bridgehead atoms. The van der Waals surface area contributed by atoms with Gasteiger partial charge < -0.3 is 19.3 Å². The van der Waals surface area contributed by atoms with Gasteiger partial charge in [0.25, 0.3) is 5.91 Å². The Labute approximate surface area is 286 Å². The average Bonchev–Trinajstić information content (AvgIpc) is 3.14. The number of benzene rings is 2. The van der Waals surface area contributed by atoms with Gasteiger partial charge in [0.1, 0.15) is 5.75 Å². The van der Waals surface area contributed by atoms with Crippen molar-refractivity contribution in [2.45, 2.75) is 74.3 Å². The number of nitrogens with zero attached hydrogens (tertiary/aromatic N) is 1. The lowest BCUT2D eigenvalue weighted by Crippen LogP contribution is -2.59. The van der Waals surface area contributed by atoms with E-state index in [2.05, 4.69) is 4.72 Å². The van der Waals surface area contributed by atoms with Crippen LogP contribution in [-0.4, -0.2) is 69.0 Å². The van der Waals surface area contributed by atoms with Gasteiger partial charge in [-0.2, -0.15) is 8.78 Å². The number of sulfonamides is 1. The first-order chi connectivity index (χ1) is 22.4. The minimum atomic E-state index is -4.17. The van der Waals surface area contributed by atoms with E-state index in [9.17, 15) is 22.9 Å². The highest BCUT2D eigenvalue weighted by Crippen LogP contribution is 2.64. The Kier molecular flexibility index (Phi) is 9.13. The molecule has 2 aliphatic heterocycles. The van der Waals surface area contributed by atoms with Gasteiger partial charge >= 0.3 is 5.66 Å². The van der Waals surface area contributed by atoms with E-state index in [-0.39, 0.29) is 18.5 Å². The number of carbonyl (C=O) groups excluding carboxylic acids is 1. The molecule has 262 valence electrons. The largest absolute Gasteiger partial charge is 0.490 e. The predicted octanol–water partition coefficient (Wildman–Crippen LogP) is 6.83. The van der Waals surface area contributed by atoms with Crippen molar-refractivity contribution in [3.63, 3.8) is 0 Å². The van der Waals surface area contributed by atoms with Crippen LogP contribution in [0.5, 0.6) is 5.75 Å². The van der Waals surface area contributed by atoms with Gasteiger partial charge in [-0.3, -0.25) is 4.79 Å². The second-order valence-corrected chi connectivity index (χ2v) is 20.5.